The third kappa shape index (κ3) is 4.19. The topological polar surface area (TPSA) is 36.5 Å². The van der Waals surface area contributed by atoms with Crippen LogP contribution in [0.2, 0.25) is 0 Å². The van der Waals surface area contributed by atoms with Crippen molar-refractivity contribution in [2.75, 3.05) is 26.7 Å². The Morgan fingerprint density at radius 3 is 2.89 bits per heavy atom. The van der Waals surface area contributed by atoms with E-state index in [2.05, 4.69) is 15.8 Å². The summed E-state index contributed by atoms with van der Waals surface area (Å²) in [5.41, 5.74) is 8.37. The number of nitrogens with one attached hydrogen (secondary N) is 2. The molecule has 2 aliphatic rings. The number of rotatable bonds is 5. The lowest BCUT2D eigenvalue weighted by Gasteiger charge is -2.37. The van der Waals surface area contributed by atoms with Crippen molar-refractivity contribution in [1.82, 2.24) is 15.8 Å². The molecule has 0 radical (unpaired) electrons. The molecule has 0 amide bonds. The van der Waals surface area contributed by atoms with Gasteiger partial charge in [-0.25, -0.2) is 8.78 Å². The lowest BCUT2D eigenvalue weighted by Crippen LogP contribution is -2.46. The summed E-state index contributed by atoms with van der Waals surface area (Å²) in [7, 11) is 1.60. The number of hydrogen-bond donors (Lipinski definition) is 2. The standard InChI is InChI=1S/C22H27F2N3O/c1-28-19-7-8-21(24)17(11-19)14-27-9-3-5-16(13-27)22-20(12-25-26-22)15-4-2-6-18(23)10-15/h2,4,6-8,10-11,16,20,22,25-26H,3,5,9,12-14H2,1H3. The number of piperidine rings is 1. The molecule has 150 valence electrons. The molecule has 0 bridgehead atoms. The largest absolute Gasteiger partial charge is 0.497 e. The summed E-state index contributed by atoms with van der Waals surface area (Å²) in [4.78, 5) is 2.31. The predicted octanol–water partition coefficient (Wildman–Crippen LogP) is 3.45. The van der Waals surface area contributed by atoms with Crippen LogP contribution in [0.5, 0.6) is 5.75 Å². The summed E-state index contributed by atoms with van der Waals surface area (Å²) in [6.45, 7) is 3.21. The maximum Gasteiger partial charge on any atom is 0.127 e. The summed E-state index contributed by atoms with van der Waals surface area (Å²) in [6, 6.07) is 12.0. The molecule has 2 aromatic rings. The zero-order chi connectivity index (χ0) is 19.5. The van der Waals surface area contributed by atoms with Crippen molar-refractivity contribution in [3.63, 3.8) is 0 Å². The van der Waals surface area contributed by atoms with E-state index in [-0.39, 0.29) is 23.6 Å². The molecule has 3 unspecified atom stereocenters. The van der Waals surface area contributed by atoms with Gasteiger partial charge in [-0.2, -0.15) is 0 Å². The fourth-order valence-electron chi connectivity index (χ4n) is 4.59. The molecular weight excluding hydrogens is 360 g/mol. The van der Waals surface area contributed by atoms with Crippen LogP contribution in [0.4, 0.5) is 8.78 Å². The van der Waals surface area contributed by atoms with E-state index in [9.17, 15) is 8.78 Å². The molecule has 28 heavy (non-hydrogen) atoms. The van der Waals surface area contributed by atoms with Crippen LogP contribution >= 0.6 is 0 Å². The number of methoxy groups -OCH3 is 1. The number of nitrogens with zero attached hydrogens (tertiary/aromatic N) is 1. The zero-order valence-corrected chi connectivity index (χ0v) is 16.1. The SMILES string of the molecule is COc1ccc(F)c(CN2CCCC(C3NNCC3c3cccc(F)c3)C2)c1. The van der Waals surface area contributed by atoms with Crippen LogP contribution in [0.15, 0.2) is 42.5 Å². The van der Waals surface area contributed by atoms with Crippen molar-refractivity contribution in [2.45, 2.75) is 31.3 Å². The highest BCUT2D eigenvalue weighted by Crippen LogP contribution is 2.32. The van der Waals surface area contributed by atoms with Gasteiger partial charge in [-0.05, 0) is 61.2 Å². The molecule has 0 spiro atoms. The average molecular weight is 387 g/mol. The van der Waals surface area contributed by atoms with Gasteiger partial charge in [0.2, 0.25) is 0 Å². The Balaban J connectivity index is 1.46. The summed E-state index contributed by atoms with van der Waals surface area (Å²) in [5.74, 6) is 0.945. The summed E-state index contributed by atoms with van der Waals surface area (Å²) in [6.07, 6.45) is 2.19. The highest BCUT2D eigenvalue weighted by molar-refractivity contribution is 5.30. The molecule has 2 N–H and O–H groups in total. The lowest BCUT2D eigenvalue weighted by molar-refractivity contribution is 0.138. The quantitative estimate of drug-likeness (QED) is 0.824. The van der Waals surface area contributed by atoms with Gasteiger partial charge >= 0.3 is 0 Å². The smallest absolute Gasteiger partial charge is 0.127 e. The number of ether oxygens (including phenoxy) is 1. The van der Waals surface area contributed by atoms with Gasteiger partial charge in [0.1, 0.15) is 17.4 Å². The van der Waals surface area contributed by atoms with Gasteiger partial charge in [0.15, 0.2) is 0 Å². The fourth-order valence-corrected chi connectivity index (χ4v) is 4.59. The van der Waals surface area contributed by atoms with Gasteiger partial charge in [0.25, 0.3) is 0 Å². The molecule has 4 nitrogen and oxygen atoms in total. The van der Waals surface area contributed by atoms with E-state index in [0.29, 0.717) is 23.8 Å². The third-order valence-electron chi connectivity index (χ3n) is 6.00. The molecule has 2 aromatic carbocycles. The first-order chi connectivity index (χ1) is 13.6. The molecule has 4 rings (SSSR count). The molecule has 0 aromatic heterocycles. The van der Waals surface area contributed by atoms with E-state index < -0.39 is 0 Å². The third-order valence-corrected chi connectivity index (χ3v) is 6.00. The minimum atomic E-state index is -0.193. The van der Waals surface area contributed by atoms with Gasteiger partial charge in [-0.15, -0.1) is 0 Å². The van der Waals surface area contributed by atoms with Crippen LogP contribution < -0.4 is 15.6 Å². The van der Waals surface area contributed by atoms with Crippen molar-refractivity contribution in [3.8, 4) is 5.75 Å². The Hall–Kier alpha value is -2.02. The van der Waals surface area contributed by atoms with Gasteiger partial charge < -0.3 is 4.74 Å². The minimum absolute atomic E-state index is 0.193. The lowest BCUT2D eigenvalue weighted by atomic mass is 9.81. The number of likely N-dealkylation sites (tertiary alicyclic amines) is 1. The van der Waals surface area contributed by atoms with Crippen molar-refractivity contribution in [3.05, 3.63) is 65.2 Å². The first-order valence-electron chi connectivity index (χ1n) is 9.92. The Morgan fingerprint density at radius 1 is 1.18 bits per heavy atom. The number of hydrogen-bond acceptors (Lipinski definition) is 4. The van der Waals surface area contributed by atoms with Crippen molar-refractivity contribution in [2.24, 2.45) is 5.92 Å². The Bertz CT molecular complexity index is 816. The highest BCUT2D eigenvalue weighted by Gasteiger charge is 2.36. The van der Waals surface area contributed by atoms with E-state index in [1.54, 1.807) is 31.4 Å². The van der Waals surface area contributed by atoms with Crippen molar-refractivity contribution < 1.29 is 13.5 Å². The second-order valence-electron chi connectivity index (χ2n) is 7.81. The van der Waals surface area contributed by atoms with Crippen LogP contribution in [-0.2, 0) is 6.54 Å². The van der Waals surface area contributed by atoms with E-state index in [1.807, 2.05) is 6.07 Å². The monoisotopic (exact) mass is 387 g/mol. The van der Waals surface area contributed by atoms with Gasteiger partial charge in [0, 0.05) is 37.2 Å². The molecule has 3 atom stereocenters. The zero-order valence-electron chi connectivity index (χ0n) is 16.1. The molecule has 0 saturated carbocycles. The second-order valence-corrected chi connectivity index (χ2v) is 7.81. The number of hydrazine groups is 1. The summed E-state index contributed by atoms with van der Waals surface area (Å²) in [5, 5.41) is 0. The maximum atomic E-state index is 14.2. The molecular formula is C22H27F2N3O. The maximum absolute atomic E-state index is 14.2. The predicted molar refractivity (Wildman–Crippen MR) is 105 cm³/mol. The summed E-state index contributed by atoms with van der Waals surface area (Å²) >= 11 is 0. The molecule has 0 aliphatic carbocycles. The van der Waals surface area contributed by atoms with Crippen LogP contribution in [0.25, 0.3) is 0 Å². The molecule has 2 fully saturated rings. The van der Waals surface area contributed by atoms with E-state index in [1.165, 1.54) is 12.1 Å². The van der Waals surface area contributed by atoms with Gasteiger partial charge in [-0.1, -0.05) is 12.1 Å². The van der Waals surface area contributed by atoms with Crippen molar-refractivity contribution in [1.29, 1.82) is 0 Å². The van der Waals surface area contributed by atoms with E-state index >= 15 is 0 Å². The van der Waals surface area contributed by atoms with E-state index in [0.717, 1.165) is 38.0 Å². The van der Waals surface area contributed by atoms with Crippen LogP contribution in [0.3, 0.4) is 0 Å². The molecule has 2 saturated heterocycles. The first kappa shape index (κ1) is 19.3. The minimum Gasteiger partial charge on any atom is -0.497 e. The Labute approximate surface area is 164 Å². The van der Waals surface area contributed by atoms with Crippen molar-refractivity contribution >= 4 is 0 Å². The van der Waals surface area contributed by atoms with Gasteiger partial charge in [0.05, 0.1) is 7.11 Å². The fraction of sp³-hybridized carbons (Fsp3) is 0.455. The number of benzene rings is 2. The first-order valence-corrected chi connectivity index (χ1v) is 9.92. The molecule has 2 aliphatic heterocycles. The Kier molecular flexibility index (Phi) is 5.90. The summed E-state index contributed by atoms with van der Waals surface area (Å²) < 4.78 is 33.2. The van der Waals surface area contributed by atoms with Crippen LogP contribution in [-0.4, -0.2) is 37.7 Å². The van der Waals surface area contributed by atoms with Crippen LogP contribution in [0.1, 0.15) is 29.9 Å². The Morgan fingerprint density at radius 2 is 2.07 bits per heavy atom. The molecule has 2 heterocycles. The highest BCUT2D eigenvalue weighted by atomic mass is 19.1. The normalized spacial score (nSPS) is 25.8. The second kappa shape index (κ2) is 8.55. The van der Waals surface area contributed by atoms with E-state index in [4.69, 9.17) is 4.74 Å². The molecule has 6 heteroatoms. The average Bonchev–Trinajstić information content (AvgIpc) is 3.20. The van der Waals surface area contributed by atoms with Crippen LogP contribution in [0, 0.1) is 17.6 Å². The number of halogens is 2. The van der Waals surface area contributed by atoms with Gasteiger partial charge in [-0.3, -0.25) is 15.8 Å².